The van der Waals surface area contributed by atoms with Gasteiger partial charge < -0.3 is 9.84 Å². The summed E-state index contributed by atoms with van der Waals surface area (Å²) in [5, 5.41) is 12.4. The molecular weight excluding hydrogens is 403 g/mol. The highest BCUT2D eigenvalue weighted by Gasteiger charge is 2.39. The molecule has 27 heavy (non-hydrogen) atoms. The second-order valence-corrected chi connectivity index (χ2v) is 5.43. The lowest BCUT2D eigenvalue weighted by atomic mass is 10.0. The highest BCUT2D eigenvalue weighted by Crippen LogP contribution is 2.39. The fraction of sp³-hybridized carbons (Fsp3) is 0.267. The largest absolute Gasteiger partial charge is 0.476 e. The maximum absolute atomic E-state index is 12.7. The Labute approximate surface area is 153 Å². The average molecular weight is 413 g/mol. The first-order chi connectivity index (χ1) is 12.5. The smallest absolute Gasteiger partial charge is 0.454 e. The number of ketones is 1. The number of Topliss-reactive ketones (excluding diaryl/α,β-unsaturated/α-hetero) is 1. The number of halogens is 6. The Balaban J connectivity index is 2.70. The van der Waals surface area contributed by atoms with E-state index in [1.807, 2.05) is 0 Å². The molecule has 1 heterocycles. The monoisotopic (exact) mass is 412 g/mol. The molecule has 0 aliphatic rings. The highest BCUT2D eigenvalue weighted by atomic mass is 35.5. The molecule has 0 radical (unpaired) electrons. The van der Waals surface area contributed by atoms with Crippen LogP contribution in [0, 0.1) is 0 Å². The van der Waals surface area contributed by atoms with Gasteiger partial charge in [-0.25, -0.2) is 4.79 Å². The van der Waals surface area contributed by atoms with E-state index in [0.717, 1.165) is 16.8 Å². The van der Waals surface area contributed by atoms with Crippen molar-refractivity contribution >= 4 is 23.4 Å². The summed E-state index contributed by atoms with van der Waals surface area (Å²) in [4.78, 5) is 22.5. The van der Waals surface area contributed by atoms with E-state index in [4.69, 9.17) is 16.7 Å². The van der Waals surface area contributed by atoms with Gasteiger partial charge in [0.2, 0.25) is 0 Å². The SMILES string of the molecule is CCn1nc(C(=O)O)c(Cl)c1-c1ccc(C(=O)C(F)(F)F)cc1OC(F)F. The van der Waals surface area contributed by atoms with Crippen molar-refractivity contribution < 1.29 is 41.4 Å². The van der Waals surface area contributed by atoms with Crippen LogP contribution in [0.3, 0.4) is 0 Å². The lowest BCUT2D eigenvalue weighted by molar-refractivity contribution is -0.0885. The number of alkyl halides is 5. The topological polar surface area (TPSA) is 81.4 Å². The summed E-state index contributed by atoms with van der Waals surface area (Å²) in [5.41, 5.74) is -1.91. The summed E-state index contributed by atoms with van der Waals surface area (Å²) in [6.45, 7) is -1.80. The van der Waals surface area contributed by atoms with Gasteiger partial charge >= 0.3 is 18.8 Å². The molecule has 2 rings (SSSR count). The fourth-order valence-electron chi connectivity index (χ4n) is 2.28. The van der Waals surface area contributed by atoms with Crippen LogP contribution in [0.2, 0.25) is 5.02 Å². The number of aromatic nitrogens is 2. The van der Waals surface area contributed by atoms with Crippen LogP contribution in [0.4, 0.5) is 22.0 Å². The van der Waals surface area contributed by atoms with E-state index < -0.39 is 46.6 Å². The van der Waals surface area contributed by atoms with Crippen LogP contribution in [-0.4, -0.2) is 39.4 Å². The number of aromatic carboxylic acids is 1. The van der Waals surface area contributed by atoms with Crippen molar-refractivity contribution in [2.75, 3.05) is 0 Å². The zero-order valence-electron chi connectivity index (χ0n) is 13.4. The lowest BCUT2D eigenvalue weighted by Gasteiger charge is -2.14. The third kappa shape index (κ3) is 4.18. The molecule has 0 spiro atoms. The van der Waals surface area contributed by atoms with Gasteiger partial charge in [0, 0.05) is 17.7 Å². The van der Waals surface area contributed by atoms with Gasteiger partial charge in [0.1, 0.15) is 10.8 Å². The van der Waals surface area contributed by atoms with Gasteiger partial charge in [-0.3, -0.25) is 9.48 Å². The number of carboxylic acid groups (broad SMARTS) is 1. The molecule has 12 heteroatoms. The Bertz CT molecular complexity index is 895. The number of ether oxygens (including phenoxy) is 1. The number of hydrogen-bond acceptors (Lipinski definition) is 4. The second-order valence-electron chi connectivity index (χ2n) is 5.05. The molecule has 1 aromatic heterocycles. The maximum Gasteiger partial charge on any atom is 0.454 e. The summed E-state index contributed by atoms with van der Waals surface area (Å²) in [5.74, 6) is -4.53. The zero-order valence-corrected chi connectivity index (χ0v) is 14.1. The van der Waals surface area contributed by atoms with Crippen LogP contribution in [0.15, 0.2) is 18.2 Å². The molecule has 0 unspecified atom stereocenters. The predicted octanol–water partition coefficient (Wildman–Crippen LogP) is 4.27. The molecule has 0 bridgehead atoms. The Kier molecular flexibility index (Phi) is 5.73. The number of rotatable bonds is 6. The van der Waals surface area contributed by atoms with Gasteiger partial charge in [-0.15, -0.1) is 0 Å². The Hall–Kier alpha value is -2.69. The van der Waals surface area contributed by atoms with Crippen molar-refractivity contribution in [2.24, 2.45) is 0 Å². The van der Waals surface area contributed by atoms with Crippen molar-refractivity contribution in [3.63, 3.8) is 0 Å². The highest BCUT2D eigenvalue weighted by molar-refractivity contribution is 6.35. The normalized spacial score (nSPS) is 11.7. The first kappa shape index (κ1) is 20.6. The maximum atomic E-state index is 12.7. The van der Waals surface area contributed by atoms with Gasteiger partial charge in [-0.05, 0) is 19.1 Å². The molecule has 0 saturated carbocycles. The molecular formula is C15H10ClF5N2O4. The van der Waals surface area contributed by atoms with Gasteiger partial charge in [-0.2, -0.15) is 27.1 Å². The molecule has 0 atom stereocenters. The van der Waals surface area contributed by atoms with Crippen LogP contribution < -0.4 is 4.74 Å². The summed E-state index contributed by atoms with van der Waals surface area (Å²) in [6.07, 6.45) is -5.22. The van der Waals surface area contributed by atoms with Crippen LogP contribution in [0.25, 0.3) is 11.3 Å². The standard InChI is InChI=1S/C15H10ClF5N2O4/c1-2-23-11(9(16)10(22-23)13(25)26)7-4-3-6(12(24)15(19,20)21)5-8(7)27-14(17)18/h3-5,14H,2H2,1H3,(H,25,26). The van der Waals surface area contributed by atoms with Gasteiger partial charge in [0.25, 0.3) is 5.78 Å². The van der Waals surface area contributed by atoms with Gasteiger partial charge in [0.05, 0.1) is 5.69 Å². The molecule has 1 N–H and O–H groups in total. The van der Waals surface area contributed by atoms with E-state index in [0.29, 0.717) is 6.07 Å². The first-order valence-electron chi connectivity index (χ1n) is 7.17. The fourth-order valence-corrected chi connectivity index (χ4v) is 2.60. The Morgan fingerprint density at radius 2 is 1.96 bits per heavy atom. The number of hydrogen-bond donors (Lipinski definition) is 1. The summed E-state index contributed by atoms with van der Waals surface area (Å²) in [7, 11) is 0. The number of carboxylic acids is 1. The first-order valence-corrected chi connectivity index (χ1v) is 7.55. The molecule has 0 fully saturated rings. The van der Waals surface area contributed by atoms with Crippen LogP contribution in [0.5, 0.6) is 5.75 Å². The van der Waals surface area contributed by atoms with E-state index >= 15 is 0 Å². The van der Waals surface area contributed by atoms with E-state index in [2.05, 4.69) is 9.84 Å². The number of carbonyl (C=O) groups is 2. The lowest BCUT2D eigenvalue weighted by Crippen LogP contribution is -2.22. The minimum atomic E-state index is -5.22. The van der Waals surface area contributed by atoms with E-state index in [1.54, 1.807) is 6.92 Å². The van der Waals surface area contributed by atoms with Gasteiger partial charge in [-0.1, -0.05) is 17.7 Å². The minimum Gasteiger partial charge on any atom is -0.476 e. The molecule has 146 valence electrons. The van der Waals surface area contributed by atoms with E-state index in [9.17, 15) is 31.5 Å². The number of aryl methyl sites for hydroxylation is 1. The number of carbonyl (C=O) groups excluding carboxylic acids is 1. The Morgan fingerprint density at radius 1 is 1.33 bits per heavy atom. The number of nitrogens with zero attached hydrogens (tertiary/aromatic N) is 2. The van der Waals surface area contributed by atoms with Crippen LogP contribution >= 0.6 is 11.6 Å². The average Bonchev–Trinajstić information content (AvgIpc) is 2.89. The summed E-state index contributed by atoms with van der Waals surface area (Å²) < 4.78 is 68.5. The second kappa shape index (κ2) is 7.51. The molecule has 6 nitrogen and oxygen atoms in total. The van der Waals surface area contributed by atoms with Crippen molar-refractivity contribution in [1.29, 1.82) is 0 Å². The third-order valence-electron chi connectivity index (χ3n) is 3.37. The quantitative estimate of drug-likeness (QED) is 0.566. The molecule has 0 saturated heterocycles. The molecule has 0 amide bonds. The van der Waals surface area contributed by atoms with Crippen molar-refractivity contribution in [3.05, 3.63) is 34.5 Å². The van der Waals surface area contributed by atoms with Crippen molar-refractivity contribution in [1.82, 2.24) is 9.78 Å². The van der Waals surface area contributed by atoms with Crippen LogP contribution in [0.1, 0.15) is 27.8 Å². The van der Waals surface area contributed by atoms with Crippen molar-refractivity contribution in [2.45, 2.75) is 26.3 Å². The van der Waals surface area contributed by atoms with E-state index in [1.165, 1.54) is 0 Å². The molecule has 1 aromatic carbocycles. The van der Waals surface area contributed by atoms with E-state index in [-0.39, 0.29) is 17.8 Å². The predicted molar refractivity (Wildman–Crippen MR) is 82.3 cm³/mol. The number of benzene rings is 1. The summed E-state index contributed by atoms with van der Waals surface area (Å²) >= 11 is 5.97. The minimum absolute atomic E-state index is 0.0691. The zero-order chi connectivity index (χ0) is 20.5. The van der Waals surface area contributed by atoms with Crippen LogP contribution in [-0.2, 0) is 6.54 Å². The molecule has 0 aliphatic carbocycles. The molecule has 2 aromatic rings. The Morgan fingerprint density at radius 3 is 2.44 bits per heavy atom. The van der Waals surface area contributed by atoms with Crippen molar-refractivity contribution in [3.8, 4) is 17.0 Å². The third-order valence-corrected chi connectivity index (χ3v) is 3.73. The molecule has 0 aliphatic heterocycles. The summed E-state index contributed by atoms with van der Waals surface area (Å²) in [6, 6.07) is 2.13. The van der Waals surface area contributed by atoms with Gasteiger partial charge in [0.15, 0.2) is 5.69 Å².